The molecule has 3 heterocycles. The number of aliphatic hydroxyl groups excluding tert-OH is 1. The summed E-state index contributed by atoms with van der Waals surface area (Å²) in [6.07, 6.45) is 1.04. The fraction of sp³-hybridized carbons (Fsp3) is 0.360. The van der Waals surface area contributed by atoms with Gasteiger partial charge in [0.1, 0.15) is 5.82 Å². The van der Waals surface area contributed by atoms with Crippen LogP contribution in [0.3, 0.4) is 0 Å². The molecule has 1 aliphatic carbocycles. The molecule has 5 rings (SSSR count). The van der Waals surface area contributed by atoms with Crippen molar-refractivity contribution in [3.63, 3.8) is 0 Å². The van der Waals surface area contributed by atoms with Gasteiger partial charge in [0.25, 0.3) is 0 Å². The lowest BCUT2D eigenvalue weighted by molar-refractivity contribution is -0.122. The number of aliphatic hydroxyl groups is 1. The van der Waals surface area contributed by atoms with E-state index in [1.165, 1.54) is 11.8 Å². The molecular formula is C25H28ClN5O4S. The van der Waals surface area contributed by atoms with Crippen LogP contribution in [0, 0.1) is 5.92 Å². The number of para-hydroxylation sites is 1. The Hall–Kier alpha value is -2.92. The Morgan fingerprint density at radius 2 is 2.06 bits per heavy atom. The molecule has 11 heteroatoms. The van der Waals surface area contributed by atoms with E-state index in [1.807, 2.05) is 36.4 Å². The molecule has 36 heavy (non-hydrogen) atoms. The third-order valence-corrected chi connectivity index (χ3v) is 7.47. The number of hydrogen-bond donors (Lipinski definition) is 4. The van der Waals surface area contributed by atoms with Crippen LogP contribution in [-0.2, 0) is 16.1 Å². The number of fused-ring (bicyclic) bond motifs is 2. The first-order valence-electron chi connectivity index (χ1n) is 11.6. The highest BCUT2D eigenvalue weighted by Gasteiger charge is 2.33. The summed E-state index contributed by atoms with van der Waals surface area (Å²) in [7, 11) is 1.56. The van der Waals surface area contributed by atoms with Gasteiger partial charge >= 0.3 is 0 Å². The van der Waals surface area contributed by atoms with Crippen LogP contribution in [0.5, 0.6) is 5.88 Å². The van der Waals surface area contributed by atoms with Crippen LogP contribution in [0.15, 0.2) is 47.4 Å². The number of nitrogens with one attached hydrogen (secondary N) is 3. The smallest absolute Gasteiger partial charge is 0.235 e. The molecule has 0 saturated heterocycles. The molecule has 0 bridgehead atoms. The van der Waals surface area contributed by atoms with Gasteiger partial charge in [-0.1, -0.05) is 12.1 Å². The Labute approximate surface area is 219 Å². The first kappa shape index (κ1) is 26.2. The summed E-state index contributed by atoms with van der Waals surface area (Å²) in [6, 6.07) is 13.1. The SMILES string of the molecule is COc1ccc2cccc(NC(=O)[C@@H]3CC[C@@H](NCc4ccc5c(n4)NC(=O)CS5)[C@H](O)C3)c2n1.Cl. The number of anilines is 2. The first-order chi connectivity index (χ1) is 17.0. The number of benzene rings is 1. The quantitative estimate of drug-likeness (QED) is 0.383. The van der Waals surface area contributed by atoms with Crippen molar-refractivity contribution in [3.8, 4) is 5.88 Å². The number of amides is 2. The number of thioether (sulfide) groups is 1. The van der Waals surface area contributed by atoms with Gasteiger partial charge in [0.15, 0.2) is 0 Å². The third-order valence-electron chi connectivity index (χ3n) is 6.43. The minimum absolute atomic E-state index is 0. The van der Waals surface area contributed by atoms with Gasteiger partial charge in [-0.15, -0.1) is 24.2 Å². The van der Waals surface area contributed by atoms with Crippen molar-refractivity contribution >= 4 is 58.4 Å². The average molecular weight is 530 g/mol. The lowest BCUT2D eigenvalue weighted by Gasteiger charge is -2.33. The van der Waals surface area contributed by atoms with Gasteiger partial charge in [0, 0.05) is 30.0 Å². The molecule has 2 amide bonds. The molecule has 0 radical (unpaired) electrons. The van der Waals surface area contributed by atoms with E-state index in [9.17, 15) is 14.7 Å². The number of ether oxygens (including phenoxy) is 1. The highest BCUT2D eigenvalue weighted by Crippen LogP contribution is 2.31. The van der Waals surface area contributed by atoms with Gasteiger partial charge in [-0.2, -0.15) is 0 Å². The number of carbonyl (C=O) groups excluding carboxylic acids is 2. The Bertz CT molecular complexity index is 1280. The Balaban J connectivity index is 0.00000304. The highest BCUT2D eigenvalue weighted by atomic mass is 35.5. The number of halogens is 1. The molecule has 190 valence electrons. The molecule has 3 atom stereocenters. The van der Waals surface area contributed by atoms with E-state index in [1.54, 1.807) is 13.2 Å². The maximum Gasteiger partial charge on any atom is 0.235 e. The maximum atomic E-state index is 13.0. The third kappa shape index (κ3) is 5.73. The number of methoxy groups -OCH3 is 1. The zero-order valence-corrected chi connectivity index (χ0v) is 21.3. The molecule has 3 aromatic rings. The second-order valence-electron chi connectivity index (χ2n) is 8.77. The summed E-state index contributed by atoms with van der Waals surface area (Å²) in [4.78, 5) is 34.6. The first-order valence-corrected chi connectivity index (χ1v) is 12.6. The molecule has 2 aromatic heterocycles. The van der Waals surface area contributed by atoms with Crippen molar-refractivity contribution in [1.29, 1.82) is 0 Å². The van der Waals surface area contributed by atoms with E-state index in [4.69, 9.17) is 4.74 Å². The monoisotopic (exact) mass is 529 g/mol. The number of carbonyl (C=O) groups is 2. The summed E-state index contributed by atoms with van der Waals surface area (Å²) < 4.78 is 5.22. The molecule has 2 aliphatic rings. The predicted octanol–water partition coefficient (Wildman–Crippen LogP) is 3.36. The van der Waals surface area contributed by atoms with Gasteiger partial charge in [-0.05, 0) is 43.5 Å². The number of nitrogens with zero attached hydrogens (tertiary/aromatic N) is 2. The van der Waals surface area contributed by atoms with Gasteiger partial charge < -0.3 is 25.8 Å². The van der Waals surface area contributed by atoms with E-state index < -0.39 is 6.10 Å². The van der Waals surface area contributed by atoms with Crippen molar-refractivity contribution < 1.29 is 19.4 Å². The lowest BCUT2D eigenvalue weighted by Crippen LogP contribution is -2.46. The fourth-order valence-corrected chi connectivity index (χ4v) is 5.30. The van der Waals surface area contributed by atoms with E-state index in [-0.39, 0.29) is 36.2 Å². The van der Waals surface area contributed by atoms with Crippen LogP contribution < -0.4 is 20.7 Å². The molecule has 0 unspecified atom stereocenters. The van der Waals surface area contributed by atoms with Gasteiger partial charge in [0.05, 0.1) is 40.8 Å². The normalized spacial score (nSPS) is 21.2. The molecular weight excluding hydrogens is 502 g/mol. The highest BCUT2D eigenvalue weighted by molar-refractivity contribution is 8.00. The fourth-order valence-electron chi connectivity index (χ4n) is 4.54. The van der Waals surface area contributed by atoms with Crippen molar-refractivity contribution in [3.05, 3.63) is 48.2 Å². The lowest BCUT2D eigenvalue weighted by atomic mass is 9.83. The Morgan fingerprint density at radius 3 is 2.86 bits per heavy atom. The topological polar surface area (TPSA) is 125 Å². The largest absolute Gasteiger partial charge is 0.481 e. The molecule has 1 aliphatic heterocycles. The molecule has 4 N–H and O–H groups in total. The Kier molecular flexibility index (Phi) is 8.30. The molecule has 9 nitrogen and oxygen atoms in total. The van der Waals surface area contributed by atoms with Crippen molar-refractivity contribution in [1.82, 2.24) is 15.3 Å². The second-order valence-corrected chi connectivity index (χ2v) is 9.79. The number of aromatic nitrogens is 2. The van der Waals surface area contributed by atoms with Crippen molar-refractivity contribution in [2.75, 3.05) is 23.5 Å². The molecule has 1 saturated carbocycles. The van der Waals surface area contributed by atoms with Crippen molar-refractivity contribution in [2.24, 2.45) is 5.92 Å². The predicted molar refractivity (Wildman–Crippen MR) is 142 cm³/mol. The number of pyridine rings is 2. The van der Waals surface area contributed by atoms with Gasteiger partial charge in [-0.3, -0.25) is 9.59 Å². The molecule has 1 fully saturated rings. The maximum absolute atomic E-state index is 13.0. The van der Waals surface area contributed by atoms with E-state index in [0.29, 0.717) is 54.5 Å². The molecule has 1 aromatic carbocycles. The van der Waals surface area contributed by atoms with Crippen LogP contribution in [0.2, 0.25) is 0 Å². The second kappa shape index (κ2) is 11.4. The molecule has 0 spiro atoms. The average Bonchev–Trinajstić information content (AvgIpc) is 2.87. The number of hydrogen-bond acceptors (Lipinski definition) is 8. The van der Waals surface area contributed by atoms with Crippen LogP contribution in [0.4, 0.5) is 11.5 Å². The summed E-state index contributed by atoms with van der Waals surface area (Å²) in [5.41, 5.74) is 2.09. The summed E-state index contributed by atoms with van der Waals surface area (Å²) in [5.74, 6) is 1.01. The van der Waals surface area contributed by atoms with E-state index >= 15 is 0 Å². The van der Waals surface area contributed by atoms with Crippen LogP contribution >= 0.6 is 24.2 Å². The van der Waals surface area contributed by atoms with Crippen LogP contribution in [0.1, 0.15) is 25.0 Å². The minimum Gasteiger partial charge on any atom is -0.481 e. The zero-order valence-electron chi connectivity index (χ0n) is 19.7. The van der Waals surface area contributed by atoms with Gasteiger partial charge in [0.2, 0.25) is 17.7 Å². The van der Waals surface area contributed by atoms with Crippen molar-refractivity contribution in [2.45, 2.75) is 42.8 Å². The van der Waals surface area contributed by atoms with E-state index in [2.05, 4.69) is 25.9 Å². The van der Waals surface area contributed by atoms with Crippen LogP contribution in [0.25, 0.3) is 10.9 Å². The Morgan fingerprint density at radius 1 is 1.19 bits per heavy atom. The summed E-state index contributed by atoms with van der Waals surface area (Å²) in [5, 5.41) is 20.8. The summed E-state index contributed by atoms with van der Waals surface area (Å²) >= 11 is 1.47. The van der Waals surface area contributed by atoms with E-state index in [0.717, 1.165) is 16.0 Å². The zero-order chi connectivity index (χ0) is 24.4. The van der Waals surface area contributed by atoms with Crippen LogP contribution in [-0.4, -0.2) is 51.9 Å². The minimum atomic E-state index is -0.655. The van der Waals surface area contributed by atoms with Gasteiger partial charge in [-0.25, -0.2) is 9.97 Å². The summed E-state index contributed by atoms with van der Waals surface area (Å²) in [6.45, 7) is 0.468. The standard InChI is InChI=1S/C25H27N5O4S.ClH/c1-34-22-10-6-14-3-2-4-18(23(14)30-22)28-25(33)15-5-8-17(19(31)11-15)26-12-16-7-9-20-24(27-16)29-21(32)13-35-20;/h2-4,6-7,9-10,15,17,19,26,31H,5,8,11-13H2,1H3,(H,28,33)(H,27,29,32);1H/t15-,17-,19-;/m1./s1. The number of rotatable bonds is 6.